The van der Waals surface area contributed by atoms with E-state index < -0.39 is 6.10 Å². The Labute approximate surface area is 123 Å². The number of morpholine rings is 1. The highest BCUT2D eigenvalue weighted by atomic mass is 35.5. The number of hydrogen-bond donors (Lipinski definition) is 2. The fraction of sp³-hybridized carbons (Fsp3) is 0.500. The number of carbonyl (C=O) groups is 1. The average Bonchev–Trinajstić information content (AvgIpc) is 2.46. The molecule has 0 radical (unpaired) electrons. The Bertz CT molecular complexity index is 450. The van der Waals surface area contributed by atoms with Crippen LogP contribution in [0.5, 0.6) is 0 Å². The van der Waals surface area contributed by atoms with Gasteiger partial charge in [-0.05, 0) is 18.2 Å². The summed E-state index contributed by atoms with van der Waals surface area (Å²) in [5.74, 6) is -0.228. The zero-order valence-electron chi connectivity index (χ0n) is 11.2. The summed E-state index contributed by atoms with van der Waals surface area (Å²) in [7, 11) is 0. The smallest absolute Gasteiger partial charge is 0.251 e. The molecule has 110 valence electrons. The maximum Gasteiger partial charge on any atom is 0.251 e. The first kappa shape index (κ1) is 15.3. The van der Waals surface area contributed by atoms with Gasteiger partial charge in [-0.25, -0.2) is 0 Å². The molecule has 2 N–H and O–H groups in total. The third kappa shape index (κ3) is 4.76. The first-order valence-electron chi connectivity index (χ1n) is 6.67. The summed E-state index contributed by atoms with van der Waals surface area (Å²) in [6.07, 6.45) is -0.587. The molecule has 1 aliphatic rings. The van der Waals surface area contributed by atoms with Crippen molar-refractivity contribution in [2.75, 3.05) is 39.4 Å². The minimum atomic E-state index is -0.587. The van der Waals surface area contributed by atoms with Crippen LogP contribution < -0.4 is 5.32 Å². The molecule has 1 heterocycles. The Balaban J connectivity index is 1.75. The molecule has 1 aromatic rings. The van der Waals surface area contributed by atoms with Crippen LogP contribution in [0.25, 0.3) is 0 Å². The fourth-order valence-corrected chi connectivity index (χ4v) is 2.28. The van der Waals surface area contributed by atoms with Gasteiger partial charge in [0.1, 0.15) is 0 Å². The lowest BCUT2D eigenvalue weighted by Crippen LogP contribution is -2.44. The molecule has 1 saturated heterocycles. The van der Waals surface area contributed by atoms with Crippen LogP contribution in [-0.4, -0.2) is 61.4 Å². The van der Waals surface area contributed by atoms with Crippen molar-refractivity contribution < 1.29 is 14.6 Å². The van der Waals surface area contributed by atoms with E-state index in [0.29, 0.717) is 30.3 Å². The number of amides is 1. The fourth-order valence-electron chi connectivity index (χ4n) is 2.09. The molecule has 0 aliphatic carbocycles. The van der Waals surface area contributed by atoms with Gasteiger partial charge in [-0.1, -0.05) is 17.7 Å². The molecular formula is C14H19ClN2O3. The van der Waals surface area contributed by atoms with Gasteiger partial charge in [-0.2, -0.15) is 0 Å². The number of hydrogen-bond acceptors (Lipinski definition) is 4. The number of rotatable bonds is 5. The molecule has 2 rings (SSSR count). The van der Waals surface area contributed by atoms with Crippen molar-refractivity contribution in [3.05, 3.63) is 34.9 Å². The second-order valence-corrected chi connectivity index (χ2v) is 5.22. The minimum absolute atomic E-state index is 0.225. The second kappa shape index (κ2) is 7.59. The number of aliphatic hydroxyl groups is 1. The van der Waals surface area contributed by atoms with Crippen LogP contribution in [0.4, 0.5) is 0 Å². The van der Waals surface area contributed by atoms with E-state index in [9.17, 15) is 9.90 Å². The van der Waals surface area contributed by atoms with E-state index in [1.54, 1.807) is 24.3 Å². The van der Waals surface area contributed by atoms with Crippen LogP contribution in [0.2, 0.25) is 5.02 Å². The van der Waals surface area contributed by atoms with Crippen molar-refractivity contribution in [3.63, 3.8) is 0 Å². The quantitative estimate of drug-likeness (QED) is 0.843. The van der Waals surface area contributed by atoms with Crippen molar-refractivity contribution in [1.82, 2.24) is 10.2 Å². The number of β-amino-alcohol motifs (C(OH)–C–C–N with tert-alkyl or cyclic N) is 1. The van der Waals surface area contributed by atoms with Crippen LogP contribution in [-0.2, 0) is 4.74 Å². The summed E-state index contributed by atoms with van der Waals surface area (Å²) >= 11 is 5.83. The molecule has 1 amide bonds. The zero-order chi connectivity index (χ0) is 14.4. The predicted octanol–water partition coefficient (Wildman–Crippen LogP) is 0.763. The normalized spacial score (nSPS) is 17.7. The molecule has 5 nitrogen and oxygen atoms in total. The Hall–Kier alpha value is -1.14. The van der Waals surface area contributed by atoms with Crippen molar-refractivity contribution in [2.24, 2.45) is 0 Å². The van der Waals surface area contributed by atoms with E-state index in [1.807, 2.05) is 0 Å². The third-order valence-electron chi connectivity index (χ3n) is 3.16. The van der Waals surface area contributed by atoms with E-state index in [4.69, 9.17) is 16.3 Å². The van der Waals surface area contributed by atoms with Crippen LogP contribution in [0.1, 0.15) is 10.4 Å². The third-order valence-corrected chi connectivity index (χ3v) is 3.39. The van der Waals surface area contributed by atoms with Gasteiger partial charge in [0.15, 0.2) is 0 Å². The van der Waals surface area contributed by atoms with E-state index >= 15 is 0 Å². The topological polar surface area (TPSA) is 61.8 Å². The number of halogens is 1. The number of aliphatic hydroxyl groups excluding tert-OH is 1. The molecule has 1 atom stereocenters. The number of ether oxygens (including phenoxy) is 1. The molecule has 0 bridgehead atoms. The van der Waals surface area contributed by atoms with Crippen LogP contribution in [0.3, 0.4) is 0 Å². The summed E-state index contributed by atoms with van der Waals surface area (Å²) in [5.41, 5.74) is 0.496. The van der Waals surface area contributed by atoms with Gasteiger partial charge in [0.2, 0.25) is 0 Å². The molecule has 6 heteroatoms. The van der Waals surface area contributed by atoms with Crippen molar-refractivity contribution in [3.8, 4) is 0 Å². The molecule has 0 aromatic heterocycles. The predicted molar refractivity (Wildman–Crippen MR) is 77.1 cm³/mol. The second-order valence-electron chi connectivity index (χ2n) is 4.79. The lowest BCUT2D eigenvalue weighted by molar-refractivity contribution is 0.0149. The molecule has 0 saturated carbocycles. The molecule has 1 unspecified atom stereocenters. The van der Waals surface area contributed by atoms with Gasteiger partial charge in [0, 0.05) is 36.8 Å². The van der Waals surface area contributed by atoms with Gasteiger partial charge in [-0.3, -0.25) is 9.69 Å². The minimum Gasteiger partial charge on any atom is -0.390 e. The van der Waals surface area contributed by atoms with E-state index in [-0.39, 0.29) is 12.5 Å². The monoisotopic (exact) mass is 298 g/mol. The van der Waals surface area contributed by atoms with Gasteiger partial charge in [0.05, 0.1) is 19.3 Å². The summed E-state index contributed by atoms with van der Waals surface area (Å²) < 4.78 is 5.24. The van der Waals surface area contributed by atoms with E-state index in [1.165, 1.54) is 0 Å². The number of benzene rings is 1. The Morgan fingerprint density at radius 1 is 1.45 bits per heavy atom. The maximum atomic E-state index is 11.9. The Morgan fingerprint density at radius 2 is 2.20 bits per heavy atom. The molecule has 1 aromatic carbocycles. The van der Waals surface area contributed by atoms with Crippen LogP contribution in [0.15, 0.2) is 24.3 Å². The van der Waals surface area contributed by atoms with E-state index in [2.05, 4.69) is 10.2 Å². The standard InChI is InChI=1S/C14H19ClN2O3/c15-12-3-1-2-11(8-12)14(19)16-9-13(18)10-17-4-6-20-7-5-17/h1-3,8,13,18H,4-7,9-10H2,(H,16,19). The molecule has 20 heavy (non-hydrogen) atoms. The van der Waals surface area contributed by atoms with Gasteiger partial charge < -0.3 is 15.2 Å². The summed E-state index contributed by atoms with van der Waals surface area (Å²) in [6.45, 7) is 3.80. The highest BCUT2D eigenvalue weighted by Gasteiger charge is 2.15. The van der Waals surface area contributed by atoms with E-state index in [0.717, 1.165) is 13.1 Å². The highest BCUT2D eigenvalue weighted by molar-refractivity contribution is 6.30. The van der Waals surface area contributed by atoms with Gasteiger partial charge in [-0.15, -0.1) is 0 Å². The molecule has 0 spiro atoms. The number of nitrogens with zero attached hydrogens (tertiary/aromatic N) is 1. The lowest BCUT2D eigenvalue weighted by Gasteiger charge is -2.28. The first-order chi connectivity index (χ1) is 9.65. The number of carbonyl (C=O) groups excluding carboxylic acids is 1. The molecular weight excluding hydrogens is 280 g/mol. The maximum absolute atomic E-state index is 11.9. The number of nitrogens with one attached hydrogen (secondary N) is 1. The zero-order valence-corrected chi connectivity index (χ0v) is 12.0. The van der Waals surface area contributed by atoms with Gasteiger partial charge >= 0.3 is 0 Å². The van der Waals surface area contributed by atoms with Crippen molar-refractivity contribution in [1.29, 1.82) is 0 Å². The summed E-state index contributed by atoms with van der Waals surface area (Å²) in [6, 6.07) is 6.73. The van der Waals surface area contributed by atoms with Crippen molar-refractivity contribution >= 4 is 17.5 Å². The Kier molecular flexibility index (Phi) is 5.79. The average molecular weight is 299 g/mol. The first-order valence-corrected chi connectivity index (χ1v) is 7.05. The van der Waals surface area contributed by atoms with Gasteiger partial charge in [0.25, 0.3) is 5.91 Å². The highest BCUT2D eigenvalue weighted by Crippen LogP contribution is 2.10. The van der Waals surface area contributed by atoms with Crippen molar-refractivity contribution in [2.45, 2.75) is 6.10 Å². The van der Waals surface area contributed by atoms with Crippen LogP contribution in [0, 0.1) is 0 Å². The largest absolute Gasteiger partial charge is 0.390 e. The summed E-state index contributed by atoms with van der Waals surface area (Å²) in [5, 5.41) is 13.2. The molecule has 1 fully saturated rings. The SMILES string of the molecule is O=C(NCC(O)CN1CCOCC1)c1cccc(Cl)c1. The Morgan fingerprint density at radius 3 is 2.90 bits per heavy atom. The summed E-state index contributed by atoms with van der Waals surface area (Å²) in [4.78, 5) is 14.0. The van der Waals surface area contributed by atoms with Crippen LogP contribution >= 0.6 is 11.6 Å². The lowest BCUT2D eigenvalue weighted by atomic mass is 10.2. The molecule has 1 aliphatic heterocycles.